The summed E-state index contributed by atoms with van der Waals surface area (Å²) in [4.78, 5) is -0.598. The van der Waals surface area contributed by atoms with Crippen LogP contribution < -0.4 is 0 Å². The summed E-state index contributed by atoms with van der Waals surface area (Å²) in [7, 11) is -2.73. The summed E-state index contributed by atoms with van der Waals surface area (Å²) in [5.41, 5.74) is 0. The van der Waals surface area contributed by atoms with Crippen molar-refractivity contribution >= 4 is 21.8 Å². The molecule has 0 aromatic heterocycles. The Morgan fingerprint density at radius 3 is 2.16 bits per heavy atom. The van der Waals surface area contributed by atoms with E-state index >= 15 is 0 Å². The second-order valence-corrected chi connectivity index (χ2v) is 6.93. The molecule has 0 aliphatic rings. The van der Waals surface area contributed by atoms with Crippen LogP contribution >= 0.6 is 11.8 Å². The third-order valence-corrected chi connectivity index (χ3v) is 5.43. The molecule has 0 spiro atoms. The van der Waals surface area contributed by atoms with Gasteiger partial charge in [0.25, 0.3) is 0 Å². The predicted molar refractivity (Wildman–Crippen MR) is 69.1 cm³/mol. The largest absolute Gasteiger partial charge is 0.243 e. The van der Waals surface area contributed by atoms with E-state index in [1.807, 2.05) is 6.26 Å². The molecule has 0 saturated carbocycles. The Balaban J connectivity index is 3.21. The fraction of sp³-hybridized carbons (Fsp3) is 0.455. The number of benzene rings is 1. The lowest BCUT2D eigenvalue weighted by atomic mass is 10.3. The molecule has 108 valence electrons. The van der Waals surface area contributed by atoms with Crippen LogP contribution in [-0.4, -0.2) is 37.8 Å². The first-order valence-corrected chi connectivity index (χ1v) is 8.16. The number of nitrogens with zero attached hydrogens (tertiary/aromatic N) is 1. The van der Waals surface area contributed by atoms with E-state index in [1.165, 1.54) is 18.8 Å². The van der Waals surface area contributed by atoms with Gasteiger partial charge in [-0.25, -0.2) is 21.6 Å². The van der Waals surface area contributed by atoms with E-state index in [4.69, 9.17) is 0 Å². The highest BCUT2D eigenvalue weighted by Crippen LogP contribution is 2.22. The molecular weight excluding hydrogens is 299 g/mol. The quantitative estimate of drug-likeness (QED) is 0.784. The van der Waals surface area contributed by atoms with Gasteiger partial charge in [-0.1, -0.05) is 0 Å². The molecule has 0 radical (unpaired) electrons. The Morgan fingerprint density at radius 1 is 1.26 bits per heavy atom. The van der Waals surface area contributed by atoms with Crippen molar-refractivity contribution in [1.82, 2.24) is 4.31 Å². The standard InChI is InChI=1S/C11H14F3NO2S2/c1-7(6-18-3)15(2)19(16,17)8-4-9(12)11(14)10(13)5-8/h4-5,7H,6H2,1-3H3/t7-/m1/s1. The Labute approximate surface area is 114 Å². The molecule has 1 atom stereocenters. The smallest absolute Gasteiger partial charge is 0.207 e. The van der Waals surface area contributed by atoms with Gasteiger partial charge >= 0.3 is 0 Å². The van der Waals surface area contributed by atoms with E-state index in [1.54, 1.807) is 6.92 Å². The van der Waals surface area contributed by atoms with Crippen molar-refractivity contribution in [2.75, 3.05) is 19.1 Å². The first-order chi connectivity index (χ1) is 8.71. The van der Waals surface area contributed by atoms with Crippen LogP contribution in [0.3, 0.4) is 0 Å². The molecule has 3 nitrogen and oxygen atoms in total. The molecule has 0 fully saturated rings. The van der Waals surface area contributed by atoms with Gasteiger partial charge in [0, 0.05) is 18.8 Å². The molecule has 0 N–H and O–H groups in total. The maximum absolute atomic E-state index is 13.1. The molecule has 1 rings (SSSR count). The Morgan fingerprint density at radius 2 is 1.74 bits per heavy atom. The summed E-state index contributed by atoms with van der Waals surface area (Å²) in [6.45, 7) is 1.67. The summed E-state index contributed by atoms with van der Waals surface area (Å²) in [6, 6.07) is 0.614. The molecule has 0 bridgehead atoms. The van der Waals surface area contributed by atoms with Crippen LogP contribution in [0.4, 0.5) is 13.2 Å². The lowest BCUT2D eigenvalue weighted by molar-refractivity contribution is 0.410. The average molecular weight is 313 g/mol. The monoisotopic (exact) mass is 313 g/mol. The van der Waals surface area contributed by atoms with Gasteiger partial charge in [-0.05, 0) is 25.3 Å². The van der Waals surface area contributed by atoms with Gasteiger partial charge in [0.1, 0.15) is 0 Å². The molecule has 0 saturated heterocycles. The molecule has 19 heavy (non-hydrogen) atoms. The van der Waals surface area contributed by atoms with Crippen molar-refractivity contribution in [2.45, 2.75) is 17.9 Å². The number of rotatable bonds is 5. The van der Waals surface area contributed by atoms with Crippen molar-refractivity contribution in [3.63, 3.8) is 0 Å². The maximum Gasteiger partial charge on any atom is 0.243 e. The normalized spacial score (nSPS) is 13.8. The third kappa shape index (κ3) is 3.43. The maximum atomic E-state index is 13.1. The molecule has 8 heteroatoms. The van der Waals surface area contributed by atoms with Gasteiger partial charge in [0.15, 0.2) is 17.5 Å². The minimum atomic E-state index is -4.05. The molecular formula is C11H14F3NO2S2. The molecule has 0 aliphatic carbocycles. The number of sulfonamides is 1. The van der Waals surface area contributed by atoms with Crippen LogP contribution in [0.5, 0.6) is 0 Å². The van der Waals surface area contributed by atoms with Gasteiger partial charge in [-0.15, -0.1) is 0 Å². The Hall–Kier alpha value is -0.730. The minimum absolute atomic E-state index is 0.351. The zero-order chi connectivity index (χ0) is 14.8. The highest BCUT2D eigenvalue weighted by Gasteiger charge is 2.27. The highest BCUT2D eigenvalue weighted by molar-refractivity contribution is 7.98. The minimum Gasteiger partial charge on any atom is -0.207 e. The predicted octanol–water partition coefficient (Wildman–Crippen LogP) is 2.48. The fourth-order valence-electron chi connectivity index (χ4n) is 1.43. The van der Waals surface area contributed by atoms with Crippen LogP contribution in [-0.2, 0) is 10.0 Å². The first kappa shape index (κ1) is 16.3. The van der Waals surface area contributed by atoms with E-state index in [-0.39, 0.29) is 6.04 Å². The van der Waals surface area contributed by atoms with Crippen molar-refractivity contribution in [2.24, 2.45) is 0 Å². The average Bonchev–Trinajstić information content (AvgIpc) is 2.34. The first-order valence-electron chi connectivity index (χ1n) is 5.33. The van der Waals surface area contributed by atoms with Crippen molar-refractivity contribution < 1.29 is 21.6 Å². The fourth-order valence-corrected chi connectivity index (χ4v) is 3.62. The molecule has 0 aliphatic heterocycles. The van der Waals surface area contributed by atoms with Crippen molar-refractivity contribution in [1.29, 1.82) is 0 Å². The van der Waals surface area contributed by atoms with Gasteiger partial charge in [0.2, 0.25) is 10.0 Å². The Kier molecular flexibility index (Phi) is 5.28. The third-order valence-electron chi connectivity index (χ3n) is 2.66. The SMILES string of the molecule is CSC[C@@H](C)N(C)S(=O)(=O)c1cc(F)c(F)c(F)c1. The highest BCUT2D eigenvalue weighted by atomic mass is 32.2. The number of hydrogen-bond acceptors (Lipinski definition) is 3. The second kappa shape index (κ2) is 6.15. The number of thioether (sulfide) groups is 1. The van der Waals surface area contributed by atoms with Crippen LogP contribution in [0, 0.1) is 17.5 Å². The topological polar surface area (TPSA) is 37.4 Å². The molecule has 0 amide bonds. The summed E-state index contributed by atoms with van der Waals surface area (Å²) >= 11 is 1.44. The van der Waals surface area contributed by atoms with Gasteiger partial charge < -0.3 is 0 Å². The number of hydrogen-bond donors (Lipinski definition) is 0. The summed E-state index contributed by atoms with van der Waals surface area (Å²) in [5, 5.41) is 0. The van der Waals surface area contributed by atoms with Crippen LogP contribution in [0.15, 0.2) is 17.0 Å². The molecule has 0 heterocycles. The van der Waals surface area contributed by atoms with Gasteiger partial charge in [-0.2, -0.15) is 16.1 Å². The van der Waals surface area contributed by atoms with Crippen molar-refractivity contribution in [3.8, 4) is 0 Å². The second-order valence-electron chi connectivity index (χ2n) is 4.03. The zero-order valence-corrected chi connectivity index (χ0v) is 12.3. The molecule has 0 unspecified atom stereocenters. The molecule has 1 aromatic carbocycles. The van der Waals surface area contributed by atoms with E-state index in [9.17, 15) is 21.6 Å². The van der Waals surface area contributed by atoms with E-state index in [0.717, 1.165) is 4.31 Å². The Bertz CT molecular complexity index is 540. The van der Waals surface area contributed by atoms with Gasteiger partial charge in [0.05, 0.1) is 4.90 Å². The van der Waals surface area contributed by atoms with E-state index in [0.29, 0.717) is 17.9 Å². The van der Waals surface area contributed by atoms with E-state index in [2.05, 4.69) is 0 Å². The summed E-state index contributed by atoms with van der Waals surface area (Å²) < 4.78 is 64.2. The van der Waals surface area contributed by atoms with Crippen LogP contribution in [0.1, 0.15) is 6.92 Å². The summed E-state index contributed by atoms with van der Waals surface area (Å²) in [6.07, 6.45) is 1.81. The lowest BCUT2D eigenvalue weighted by Gasteiger charge is -2.23. The lowest BCUT2D eigenvalue weighted by Crippen LogP contribution is -2.36. The zero-order valence-electron chi connectivity index (χ0n) is 10.7. The number of halogens is 3. The molecule has 1 aromatic rings. The van der Waals surface area contributed by atoms with Crippen LogP contribution in [0.2, 0.25) is 0 Å². The van der Waals surface area contributed by atoms with Gasteiger partial charge in [-0.3, -0.25) is 0 Å². The van der Waals surface area contributed by atoms with Crippen LogP contribution in [0.25, 0.3) is 0 Å². The van der Waals surface area contributed by atoms with E-state index < -0.39 is 32.4 Å². The summed E-state index contributed by atoms with van der Waals surface area (Å²) in [5.74, 6) is -4.20. The van der Waals surface area contributed by atoms with Crippen molar-refractivity contribution in [3.05, 3.63) is 29.6 Å².